The molecule has 0 radical (unpaired) electrons. The number of carbonyl (C=O) groups excluding carboxylic acids is 2. The molecule has 0 saturated heterocycles. The first-order valence-corrected chi connectivity index (χ1v) is 14.8. The molecule has 5 rings (SSSR count). The maximum absolute atomic E-state index is 13.3. The normalized spacial score (nSPS) is 15.1. The Hall–Kier alpha value is -3.82. The molecule has 0 saturated carbocycles. The van der Waals surface area contributed by atoms with E-state index in [0.29, 0.717) is 32.7 Å². The first kappa shape index (κ1) is 28.7. The topological polar surface area (TPSA) is 78.8 Å². The molecule has 8 nitrogen and oxygen atoms in total. The number of anilines is 2. The summed E-state index contributed by atoms with van der Waals surface area (Å²) in [6.07, 6.45) is 5.64. The fraction of sp³-hybridized carbons (Fsp3) is 0.375. The van der Waals surface area contributed by atoms with Crippen LogP contribution in [0.25, 0.3) is 10.1 Å². The van der Waals surface area contributed by atoms with Gasteiger partial charge in [-0.05, 0) is 86.5 Å². The Kier molecular flexibility index (Phi) is 7.85. The van der Waals surface area contributed by atoms with Gasteiger partial charge in [0.25, 0.3) is 5.56 Å². The number of amides is 2. The minimum absolute atomic E-state index is 0.0291. The number of rotatable bonds is 8. The molecule has 0 spiro atoms. The first-order chi connectivity index (χ1) is 19.5. The molecular formula is C32H37N5O3S. The van der Waals surface area contributed by atoms with Gasteiger partial charge in [0, 0.05) is 63.1 Å². The van der Waals surface area contributed by atoms with Crippen LogP contribution in [0, 0.1) is 19.3 Å². The van der Waals surface area contributed by atoms with Crippen molar-refractivity contribution in [3.63, 3.8) is 0 Å². The van der Waals surface area contributed by atoms with Gasteiger partial charge in [-0.25, -0.2) is 0 Å². The highest BCUT2D eigenvalue weighted by molar-refractivity contribution is 7.17. The van der Waals surface area contributed by atoms with Gasteiger partial charge in [-0.1, -0.05) is 6.07 Å². The summed E-state index contributed by atoms with van der Waals surface area (Å²) in [6, 6.07) is 9.90. The number of pyridine rings is 2. The van der Waals surface area contributed by atoms with Crippen molar-refractivity contribution >= 4 is 44.6 Å². The van der Waals surface area contributed by atoms with Crippen molar-refractivity contribution in [3.05, 3.63) is 86.9 Å². The minimum Gasteiger partial charge on any atom is -0.313 e. The zero-order valence-electron chi connectivity index (χ0n) is 24.6. The summed E-state index contributed by atoms with van der Waals surface area (Å²) in [5.74, 6) is -0.418. The number of aryl methyl sites for hydroxylation is 2. The Morgan fingerprint density at radius 3 is 2.49 bits per heavy atom. The van der Waals surface area contributed by atoms with Crippen LogP contribution in [0.4, 0.5) is 11.4 Å². The van der Waals surface area contributed by atoms with Crippen LogP contribution in [0.15, 0.2) is 59.1 Å². The van der Waals surface area contributed by atoms with Gasteiger partial charge in [-0.15, -0.1) is 11.3 Å². The molecule has 4 aromatic rings. The Morgan fingerprint density at radius 1 is 0.976 bits per heavy atom. The second kappa shape index (κ2) is 11.2. The van der Waals surface area contributed by atoms with Crippen LogP contribution in [0.5, 0.6) is 0 Å². The minimum atomic E-state index is -1.15. The third kappa shape index (κ3) is 5.31. The van der Waals surface area contributed by atoms with Crippen LogP contribution < -0.4 is 15.4 Å². The summed E-state index contributed by atoms with van der Waals surface area (Å²) in [5.41, 5.74) is 4.74. The van der Waals surface area contributed by atoms with Crippen molar-refractivity contribution in [1.82, 2.24) is 14.5 Å². The zero-order valence-corrected chi connectivity index (χ0v) is 25.4. The molecule has 1 aromatic carbocycles. The monoisotopic (exact) mass is 571 g/mol. The average Bonchev–Trinajstić information content (AvgIpc) is 3.45. The second-order valence-electron chi connectivity index (χ2n) is 11.3. The number of thiophene rings is 1. The number of hydrogen-bond acceptors (Lipinski definition) is 6. The Labute approximate surface area is 244 Å². The van der Waals surface area contributed by atoms with Gasteiger partial charge in [0.15, 0.2) is 0 Å². The lowest BCUT2D eigenvalue weighted by Crippen LogP contribution is -2.47. The Morgan fingerprint density at radius 2 is 1.76 bits per heavy atom. The molecule has 2 amide bonds. The average molecular weight is 572 g/mol. The number of fused-ring (bicyclic) bond motifs is 2. The number of nitrogens with zero attached hydrogens (tertiary/aromatic N) is 5. The number of aromatic nitrogens is 2. The first-order valence-electron chi connectivity index (χ1n) is 13.9. The lowest BCUT2D eigenvalue weighted by Gasteiger charge is -2.27. The van der Waals surface area contributed by atoms with Gasteiger partial charge in [-0.2, -0.15) is 0 Å². The van der Waals surface area contributed by atoms with Crippen LogP contribution in [-0.4, -0.2) is 46.4 Å². The van der Waals surface area contributed by atoms with Gasteiger partial charge in [-0.3, -0.25) is 24.3 Å². The van der Waals surface area contributed by atoms with Crippen molar-refractivity contribution in [3.8, 4) is 0 Å². The maximum Gasteiger partial charge on any atom is 0.259 e. The molecule has 9 heteroatoms. The SMILES string of the molecule is CCN1C(=O)C(C)(C)C(=O)N(C)c2cc(CN(CCn3cc(C)c4sccc4c3=O)Cc3cnccc3C)ccc21. The van der Waals surface area contributed by atoms with Crippen LogP contribution in [0.2, 0.25) is 0 Å². The fourth-order valence-electron chi connectivity index (χ4n) is 5.62. The van der Waals surface area contributed by atoms with Gasteiger partial charge in [0.2, 0.25) is 11.8 Å². The van der Waals surface area contributed by atoms with E-state index in [9.17, 15) is 14.4 Å². The lowest BCUT2D eigenvalue weighted by atomic mass is 9.90. The highest BCUT2D eigenvalue weighted by Crippen LogP contribution is 2.39. The predicted molar refractivity (Wildman–Crippen MR) is 166 cm³/mol. The summed E-state index contributed by atoms with van der Waals surface area (Å²) >= 11 is 1.60. The van der Waals surface area contributed by atoms with Gasteiger partial charge in [0.05, 0.1) is 16.8 Å². The van der Waals surface area contributed by atoms with E-state index in [0.717, 1.165) is 43.7 Å². The molecule has 4 heterocycles. The molecule has 3 aromatic heterocycles. The highest BCUT2D eigenvalue weighted by Gasteiger charge is 2.45. The summed E-state index contributed by atoms with van der Waals surface area (Å²) in [5, 5.41) is 2.73. The van der Waals surface area contributed by atoms with E-state index >= 15 is 0 Å². The molecule has 41 heavy (non-hydrogen) atoms. The van der Waals surface area contributed by atoms with Crippen LogP contribution in [0.3, 0.4) is 0 Å². The van der Waals surface area contributed by atoms with E-state index in [1.54, 1.807) is 48.2 Å². The lowest BCUT2D eigenvalue weighted by molar-refractivity contribution is -0.137. The second-order valence-corrected chi connectivity index (χ2v) is 12.3. The Balaban J connectivity index is 1.47. The quantitative estimate of drug-likeness (QED) is 0.274. The van der Waals surface area contributed by atoms with E-state index in [-0.39, 0.29) is 17.4 Å². The maximum atomic E-state index is 13.3. The number of carbonyl (C=O) groups is 2. The van der Waals surface area contributed by atoms with Crippen molar-refractivity contribution < 1.29 is 9.59 Å². The number of hydrogen-bond donors (Lipinski definition) is 0. The summed E-state index contributed by atoms with van der Waals surface area (Å²) < 4.78 is 2.85. The third-order valence-corrected chi connectivity index (χ3v) is 9.15. The van der Waals surface area contributed by atoms with E-state index in [4.69, 9.17) is 0 Å². The molecular weight excluding hydrogens is 534 g/mol. The van der Waals surface area contributed by atoms with E-state index in [2.05, 4.69) is 16.8 Å². The summed E-state index contributed by atoms with van der Waals surface area (Å²) in [6.45, 7) is 12.4. The molecule has 0 bridgehead atoms. The van der Waals surface area contributed by atoms with E-state index < -0.39 is 5.41 Å². The molecule has 0 N–H and O–H groups in total. The molecule has 0 fully saturated rings. The zero-order chi connectivity index (χ0) is 29.5. The van der Waals surface area contributed by atoms with E-state index in [1.807, 2.05) is 66.5 Å². The van der Waals surface area contributed by atoms with Gasteiger partial charge >= 0.3 is 0 Å². The van der Waals surface area contributed by atoms with Crippen molar-refractivity contribution in [1.29, 1.82) is 0 Å². The molecule has 0 atom stereocenters. The van der Waals surface area contributed by atoms with Crippen LogP contribution >= 0.6 is 11.3 Å². The Bertz CT molecular complexity index is 1690. The number of benzene rings is 1. The standard InChI is InChI=1S/C32H37N5O3S/c1-7-37-26-9-8-23(16-27(26)34(6)30(39)32(4,5)31(37)40)19-35(20-24-17-33-12-10-21(24)2)13-14-36-18-22(3)28-25(29(36)38)11-15-41-28/h8-12,15-18H,7,13-14,19-20H2,1-6H3. The summed E-state index contributed by atoms with van der Waals surface area (Å²) in [7, 11) is 1.74. The highest BCUT2D eigenvalue weighted by atomic mass is 32.1. The van der Waals surface area contributed by atoms with Gasteiger partial charge in [0.1, 0.15) is 5.41 Å². The molecule has 0 unspecified atom stereocenters. The van der Waals surface area contributed by atoms with Gasteiger partial charge < -0.3 is 14.4 Å². The smallest absolute Gasteiger partial charge is 0.259 e. The molecule has 1 aliphatic heterocycles. The largest absolute Gasteiger partial charge is 0.313 e. The van der Waals surface area contributed by atoms with Crippen LogP contribution in [-0.2, 0) is 29.2 Å². The molecule has 0 aliphatic carbocycles. The van der Waals surface area contributed by atoms with Crippen molar-refractivity contribution in [2.75, 3.05) is 29.9 Å². The third-order valence-electron chi connectivity index (χ3n) is 8.10. The van der Waals surface area contributed by atoms with Crippen molar-refractivity contribution in [2.24, 2.45) is 5.41 Å². The molecule has 214 valence electrons. The predicted octanol–water partition coefficient (Wildman–Crippen LogP) is 5.13. The fourth-order valence-corrected chi connectivity index (χ4v) is 6.49. The van der Waals surface area contributed by atoms with Crippen LogP contribution in [0.1, 0.15) is 43.0 Å². The summed E-state index contributed by atoms with van der Waals surface area (Å²) in [4.78, 5) is 49.8. The van der Waals surface area contributed by atoms with E-state index in [1.165, 1.54) is 0 Å². The molecule has 1 aliphatic rings. The van der Waals surface area contributed by atoms with Crippen molar-refractivity contribution in [2.45, 2.75) is 54.3 Å².